The maximum Gasteiger partial charge on any atom is 0.257 e. The Kier molecular flexibility index (Phi) is 4.05. The Balaban J connectivity index is 1.48. The molecule has 0 atom stereocenters. The average molecular weight is 347 g/mol. The molecule has 0 saturated heterocycles. The molecule has 2 aromatic heterocycles. The maximum atomic E-state index is 12.4. The number of anilines is 1. The fraction of sp³-hybridized carbons (Fsp3) is 0. The molecule has 1 amide bonds. The van der Waals surface area contributed by atoms with E-state index in [4.69, 9.17) is 0 Å². The van der Waals surface area contributed by atoms with E-state index < -0.39 is 0 Å². The van der Waals surface area contributed by atoms with Gasteiger partial charge in [-0.05, 0) is 29.8 Å². The van der Waals surface area contributed by atoms with E-state index in [9.17, 15) is 4.79 Å². The largest absolute Gasteiger partial charge is 0.298 e. The first-order valence-corrected chi connectivity index (χ1v) is 8.39. The van der Waals surface area contributed by atoms with Crippen molar-refractivity contribution in [1.29, 1.82) is 0 Å². The Labute approximate surface area is 147 Å². The summed E-state index contributed by atoms with van der Waals surface area (Å²) < 4.78 is 1.77. The zero-order valence-corrected chi connectivity index (χ0v) is 13.9. The Hall–Kier alpha value is -3.32. The van der Waals surface area contributed by atoms with Crippen molar-refractivity contribution in [3.63, 3.8) is 0 Å². The summed E-state index contributed by atoms with van der Waals surface area (Å²) in [7, 11) is 0. The predicted octanol–water partition coefficient (Wildman–Crippen LogP) is 3.64. The lowest BCUT2D eigenvalue weighted by Crippen LogP contribution is -2.11. The topological polar surface area (TPSA) is 72.7 Å². The number of carbonyl (C=O) groups excluding carboxylic acids is 1. The van der Waals surface area contributed by atoms with E-state index in [1.54, 1.807) is 35.6 Å². The van der Waals surface area contributed by atoms with Gasteiger partial charge in [0.15, 0.2) is 5.13 Å². The minimum Gasteiger partial charge on any atom is -0.298 e. The molecule has 0 radical (unpaired) electrons. The van der Waals surface area contributed by atoms with Crippen LogP contribution in [0.25, 0.3) is 16.1 Å². The summed E-state index contributed by atoms with van der Waals surface area (Å²) in [4.78, 5) is 17.7. The SMILES string of the molecule is O=C(Nc1ncc(-c2ccccc2)s1)c1ccc(-n2cnnc2)cc1. The van der Waals surface area contributed by atoms with Gasteiger partial charge in [0.05, 0.1) is 4.88 Å². The fourth-order valence-electron chi connectivity index (χ4n) is 2.36. The molecule has 0 aliphatic heterocycles. The molecular formula is C18H13N5OS. The van der Waals surface area contributed by atoms with Gasteiger partial charge < -0.3 is 0 Å². The predicted molar refractivity (Wildman–Crippen MR) is 96.9 cm³/mol. The van der Waals surface area contributed by atoms with E-state index in [1.165, 1.54) is 11.3 Å². The molecule has 25 heavy (non-hydrogen) atoms. The van der Waals surface area contributed by atoms with Gasteiger partial charge in [0.25, 0.3) is 5.91 Å². The van der Waals surface area contributed by atoms with Gasteiger partial charge in [-0.15, -0.1) is 10.2 Å². The van der Waals surface area contributed by atoms with E-state index in [2.05, 4.69) is 20.5 Å². The van der Waals surface area contributed by atoms with Crippen LogP contribution < -0.4 is 5.32 Å². The number of aromatic nitrogens is 4. The Morgan fingerprint density at radius 3 is 2.40 bits per heavy atom. The van der Waals surface area contributed by atoms with Crippen LogP contribution in [0.3, 0.4) is 0 Å². The number of hydrogen-bond donors (Lipinski definition) is 1. The number of rotatable bonds is 4. The zero-order valence-electron chi connectivity index (χ0n) is 13.0. The average Bonchev–Trinajstić information content (AvgIpc) is 3.35. The van der Waals surface area contributed by atoms with Gasteiger partial charge in [0.2, 0.25) is 0 Å². The molecular weight excluding hydrogens is 334 g/mol. The van der Waals surface area contributed by atoms with Crippen LogP contribution in [-0.4, -0.2) is 25.7 Å². The van der Waals surface area contributed by atoms with Crippen LogP contribution in [0.1, 0.15) is 10.4 Å². The van der Waals surface area contributed by atoms with Gasteiger partial charge in [-0.1, -0.05) is 41.7 Å². The first kappa shape index (κ1) is 15.2. The third-order valence-electron chi connectivity index (χ3n) is 3.63. The molecule has 0 unspecified atom stereocenters. The molecule has 4 aromatic rings. The number of thiazole rings is 1. The first-order chi connectivity index (χ1) is 12.3. The van der Waals surface area contributed by atoms with Gasteiger partial charge in [0.1, 0.15) is 12.7 Å². The minimum absolute atomic E-state index is 0.190. The molecule has 2 aromatic carbocycles. The van der Waals surface area contributed by atoms with Crippen LogP contribution in [0.4, 0.5) is 5.13 Å². The zero-order chi connectivity index (χ0) is 17.1. The van der Waals surface area contributed by atoms with Crippen LogP contribution >= 0.6 is 11.3 Å². The van der Waals surface area contributed by atoms with E-state index in [0.29, 0.717) is 10.7 Å². The summed E-state index contributed by atoms with van der Waals surface area (Å²) in [5.41, 5.74) is 2.54. The van der Waals surface area contributed by atoms with Crippen LogP contribution in [0.5, 0.6) is 0 Å². The third kappa shape index (κ3) is 3.31. The minimum atomic E-state index is -0.190. The molecule has 6 nitrogen and oxygen atoms in total. The summed E-state index contributed by atoms with van der Waals surface area (Å²) in [5, 5.41) is 10.9. The fourth-order valence-corrected chi connectivity index (χ4v) is 3.17. The van der Waals surface area contributed by atoms with Crippen molar-refractivity contribution in [2.24, 2.45) is 0 Å². The van der Waals surface area contributed by atoms with Crippen molar-refractivity contribution in [2.45, 2.75) is 0 Å². The summed E-state index contributed by atoms with van der Waals surface area (Å²) in [6, 6.07) is 17.2. The second-order valence-corrected chi connectivity index (χ2v) is 6.30. The lowest BCUT2D eigenvalue weighted by Gasteiger charge is -2.04. The number of nitrogens with one attached hydrogen (secondary N) is 1. The molecule has 7 heteroatoms. The second kappa shape index (κ2) is 6.66. The van der Waals surface area contributed by atoms with Crippen LogP contribution in [0.2, 0.25) is 0 Å². The molecule has 0 bridgehead atoms. The molecule has 0 aliphatic rings. The van der Waals surface area contributed by atoms with Gasteiger partial charge >= 0.3 is 0 Å². The summed E-state index contributed by atoms with van der Waals surface area (Å²) in [6.07, 6.45) is 4.98. The van der Waals surface area contributed by atoms with Crippen molar-refractivity contribution in [1.82, 2.24) is 19.7 Å². The van der Waals surface area contributed by atoms with Crippen molar-refractivity contribution in [3.05, 3.63) is 79.0 Å². The molecule has 0 spiro atoms. The highest BCUT2D eigenvalue weighted by Crippen LogP contribution is 2.28. The molecule has 0 aliphatic carbocycles. The van der Waals surface area contributed by atoms with E-state index >= 15 is 0 Å². The van der Waals surface area contributed by atoms with Crippen LogP contribution in [0, 0.1) is 0 Å². The van der Waals surface area contributed by atoms with Gasteiger partial charge in [-0.2, -0.15) is 0 Å². The van der Waals surface area contributed by atoms with Crippen molar-refractivity contribution < 1.29 is 4.79 Å². The standard InChI is InChI=1S/C18H13N5OS/c24-17(14-6-8-15(9-7-14)23-11-20-21-12-23)22-18-19-10-16(25-18)13-4-2-1-3-5-13/h1-12H,(H,19,22,24). The van der Waals surface area contributed by atoms with Crippen molar-refractivity contribution in [2.75, 3.05) is 5.32 Å². The first-order valence-electron chi connectivity index (χ1n) is 7.57. The lowest BCUT2D eigenvalue weighted by molar-refractivity contribution is 0.102. The van der Waals surface area contributed by atoms with E-state index in [1.807, 2.05) is 42.5 Å². The molecule has 4 rings (SSSR count). The van der Waals surface area contributed by atoms with Crippen LogP contribution in [-0.2, 0) is 0 Å². The quantitative estimate of drug-likeness (QED) is 0.612. The Bertz CT molecular complexity index is 978. The highest BCUT2D eigenvalue weighted by molar-refractivity contribution is 7.19. The van der Waals surface area contributed by atoms with Crippen molar-refractivity contribution >= 4 is 22.4 Å². The summed E-state index contributed by atoms with van der Waals surface area (Å²) in [6.45, 7) is 0. The highest BCUT2D eigenvalue weighted by Gasteiger charge is 2.10. The summed E-state index contributed by atoms with van der Waals surface area (Å²) in [5.74, 6) is -0.190. The van der Waals surface area contributed by atoms with Gasteiger partial charge in [0, 0.05) is 17.4 Å². The molecule has 122 valence electrons. The number of carbonyl (C=O) groups is 1. The molecule has 1 N–H and O–H groups in total. The highest BCUT2D eigenvalue weighted by atomic mass is 32.1. The van der Waals surface area contributed by atoms with E-state index in [0.717, 1.165) is 16.1 Å². The summed E-state index contributed by atoms with van der Waals surface area (Å²) >= 11 is 1.45. The molecule has 2 heterocycles. The normalized spacial score (nSPS) is 10.6. The van der Waals surface area contributed by atoms with Gasteiger partial charge in [-0.3, -0.25) is 14.7 Å². The number of benzene rings is 2. The van der Waals surface area contributed by atoms with Gasteiger partial charge in [-0.25, -0.2) is 4.98 Å². The van der Waals surface area contributed by atoms with Crippen LogP contribution in [0.15, 0.2) is 73.4 Å². The number of nitrogens with zero attached hydrogens (tertiary/aromatic N) is 4. The van der Waals surface area contributed by atoms with Crippen molar-refractivity contribution in [3.8, 4) is 16.1 Å². The second-order valence-electron chi connectivity index (χ2n) is 5.27. The Morgan fingerprint density at radius 2 is 1.68 bits per heavy atom. The third-order valence-corrected chi connectivity index (χ3v) is 4.59. The monoisotopic (exact) mass is 347 g/mol. The number of amides is 1. The molecule has 0 saturated carbocycles. The Morgan fingerprint density at radius 1 is 0.960 bits per heavy atom. The molecule has 0 fully saturated rings. The number of hydrogen-bond acceptors (Lipinski definition) is 5. The van der Waals surface area contributed by atoms with E-state index in [-0.39, 0.29) is 5.91 Å². The lowest BCUT2D eigenvalue weighted by atomic mass is 10.2. The maximum absolute atomic E-state index is 12.4. The smallest absolute Gasteiger partial charge is 0.257 e.